The standard InChI is InChI=1S/C17H26N2O2/c1-13(2)11-17(16(18)20,14-7-4-3-5-8-14)19-12-15-9-6-10-21-15/h3-5,7-8,13,15,19H,6,9-12H2,1-2H3,(H2,18,20). The Bertz CT molecular complexity index is 455. The zero-order valence-corrected chi connectivity index (χ0v) is 13.0. The average Bonchev–Trinajstić information content (AvgIpc) is 2.97. The van der Waals surface area contributed by atoms with E-state index >= 15 is 0 Å². The summed E-state index contributed by atoms with van der Waals surface area (Å²) in [5, 5.41) is 3.42. The van der Waals surface area contributed by atoms with E-state index < -0.39 is 5.54 Å². The quantitative estimate of drug-likeness (QED) is 0.809. The molecular formula is C17H26N2O2. The molecule has 2 rings (SSSR count). The van der Waals surface area contributed by atoms with E-state index in [9.17, 15) is 4.79 Å². The fraction of sp³-hybridized carbons (Fsp3) is 0.588. The van der Waals surface area contributed by atoms with Crippen LogP contribution in [0.4, 0.5) is 0 Å². The van der Waals surface area contributed by atoms with Gasteiger partial charge in [-0.1, -0.05) is 44.2 Å². The fourth-order valence-electron chi connectivity index (χ4n) is 3.05. The largest absolute Gasteiger partial charge is 0.377 e. The first-order valence-electron chi connectivity index (χ1n) is 7.76. The lowest BCUT2D eigenvalue weighted by Gasteiger charge is -2.35. The lowest BCUT2D eigenvalue weighted by atomic mass is 9.81. The van der Waals surface area contributed by atoms with Crippen molar-refractivity contribution in [3.05, 3.63) is 35.9 Å². The molecule has 0 aromatic heterocycles. The highest BCUT2D eigenvalue weighted by Gasteiger charge is 2.39. The zero-order valence-electron chi connectivity index (χ0n) is 13.0. The van der Waals surface area contributed by atoms with Gasteiger partial charge in [0.1, 0.15) is 5.54 Å². The van der Waals surface area contributed by atoms with Crippen molar-refractivity contribution < 1.29 is 9.53 Å². The summed E-state index contributed by atoms with van der Waals surface area (Å²) in [6.07, 6.45) is 2.99. The van der Waals surface area contributed by atoms with Crippen molar-refractivity contribution >= 4 is 5.91 Å². The van der Waals surface area contributed by atoms with Gasteiger partial charge in [0.2, 0.25) is 5.91 Å². The number of nitrogens with two attached hydrogens (primary N) is 1. The molecule has 4 heteroatoms. The summed E-state index contributed by atoms with van der Waals surface area (Å²) < 4.78 is 5.65. The first-order chi connectivity index (χ1) is 10.0. The minimum Gasteiger partial charge on any atom is -0.377 e. The maximum Gasteiger partial charge on any atom is 0.242 e. The molecule has 116 valence electrons. The smallest absolute Gasteiger partial charge is 0.242 e. The normalized spacial score (nSPS) is 21.4. The third kappa shape index (κ3) is 3.83. The van der Waals surface area contributed by atoms with Gasteiger partial charge in [-0.15, -0.1) is 0 Å². The second-order valence-electron chi connectivity index (χ2n) is 6.25. The molecule has 1 fully saturated rings. The Hall–Kier alpha value is -1.39. The number of amides is 1. The number of benzene rings is 1. The van der Waals surface area contributed by atoms with Crippen molar-refractivity contribution in [2.45, 2.75) is 44.8 Å². The van der Waals surface area contributed by atoms with Crippen LogP contribution >= 0.6 is 0 Å². The van der Waals surface area contributed by atoms with Crippen LogP contribution in [-0.2, 0) is 15.1 Å². The molecule has 21 heavy (non-hydrogen) atoms. The van der Waals surface area contributed by atoms with Crippen LogP contribution in [-0.4, -0.2) is 25.2 Å². The summed E-state index contributed by atoms with van der Waals surface area (Å²) in [5.41, 5.74) is 5.91. The lowest BCUT2D eigenvalue weighted by Crippen LogP contribution is -2.55. The van der Waals surface area contributed by atoms with Crippen LogP contribution in [0.3, 0.4) is 0 Å². The Kier molecular flexibility index (Phi) is 5.37. The van der Waals surface area contributed by atoms with E-state index in [1.165, 1.54) is 0 Å². The predicted octanol–water partition coefficient (Wildman–Crippen LogP) is 2.18. The molecule has 1 aliphatic heterocycles. The number of ether oxygens (including phenoxy) is 1. The number of nitrogens with one attached hydrogen (secondary N) is 1. The highest BCUT2D eigenvalue weighted by atomic mass is 16.5. The van der Waals surface area contributed by atoms with Crippen molar-refractivity contribution in [3.63, 3.8) is 0 Å². The van der Waals surface area contributed by atoms with Crippen LogP contribution < -0.4 is 11.1 Å². The number of carbonyl (C=O) groups is 1. The Labute approximate surface area is 127 Å². The van der Waals surface area contributed by atoms with Gasteiger partial charge in [-0.05, 0) is 30.7 Å². The van der Waals surface area contributed by atoms with Gasteiger partial charge in [0.05, 0.1) is 6.10 Å². The third-order valence-electron chi connectivity index (χ3n) is 4.06. The Balaban J connectivity index is 2.24. The van der Waals surface area contributed by atoms with Crippen molar-refractivity contribution in [3.8, 4) is 0 Å². The number of hydrogen-bond acceptors (Lipinski definition) is 3. The van der Waals surface area contributed by atoms with Gasteiger partial charge in [-0.25, -0.2) is 0 Å². The van der Waals surface area contributed by atoms with Crippen LogP contribution in [0.15, 0.2) is 30.3 Å². The van der Waals surface area contributed by atoms with E-state index in [0.29, 0.717) is 18.9 Å². The molecule has 1 aromatic rings. The summed E-state index contributed by atoms with van der Waals surface area (Å²) >= 11 is 0. The van der Waals surface area contributed by atoms with E-state index in [2.05, 4.69) is 19.2 Å². The van der Waals surface area contributed by atoms with Gasteiger partial charge in [-0.2, -0.15) is 0 Å². The average molecular weight is 290 g/mol. The van der Waals surface area contributed by atoms with Crippen molar-refractivity contribution in [1.29, 1.82) is 0 Å². The van der Waals surface area contributed by atoms with Gasteiger partial charge in [0.15, 0.2) is 0 Å². The summed E-state index contributed by atoms with van der Waals surface area (Å²) in [4.78, 5) is 12.3. The van der Waals surface area contributed by atoms with Gasteiger partial charge < -0.3 is 10.5 Å². The van der Waals surface area contributed by atoms with Crippen LogP contribution in [0.25, 0.3) is 0 Å². The molecule has 1 saturated heterocycles. The number of rotatable bonds is 7. The van der Waals surface area contributed by atoms with Gasteiger partial charge >= 0.3 is 0 Å². The monoisotopic (exact) mass is 290 g/mol. The van der Waals surface area contributed by atoms with Gasteiger partial charge in [0.25, 0.3) is 0 Å². The maximum absolute atomic E-state index is 12.3. The summed E-state index contributed by atoms with van der Waals surface area (Å²) in [6, 6.07) is 9.78. The SMILES string of the molecule is CC(C)CC(NCC1CCCO1)(C(N)=O)c1ccccc1. The molecule has 1 aliphatic rings. The number of primary amides is 1. The second-order valence-corrected chi connectivity index (χ2v) is 6.25. The molecule has 2 unspecified atom stereocenters. The first kappa shape index (κ1) is 16.0. The van der Waals surface area contributed by atoms with Gasteiger partial charge in [-0.3, -0.25) is 10.1 Å². The van der Waals surface area contributed by atoms with Crippen molar-refractivity contribution in [1.82, 2.24) is 5.32 Å². The van der Waals surface area contributed by atoms with E-state index in [1.807, 2.05) is 30.3 Å². The molecule has 1 aromatic carbocycles. The summed E-state index contributed by atoms with van der Waals surface area (Å²) in [6.45, 7) is 5.68. The number of carbonyl (C=O) groups excluding carboxylic acids is 1. The highest BCUT2D eigenvalue weighted by Crippen LogP contribution is 2.29. The zero-order chi connectivity index (χ0) is 15.3. The minimum absolute atomic E-state index is 0.180. The van der Waals surface area contributed by atoms with Crippen molar-refractivity contribution in [2.24, 2.45) is 11.7 Å². The van der Waals surface area contributed by atoms with Crippen LogP contribution in [0.5, 0.6) is 0 Å². The minimum atomic E-state index is -0.818. The van der Waals surface area contributed by atoms with Crippen LogP contribution in [0.2, 0.25) is 0 Å². The van der Waals surface area contributed by atoms with Gasteiger partial charge in [0, 0.05) is 13.2 Å². The summed E-state index contributed by atoms with van der Waals surface area (Å²) in [7, 11) is 0. The molecule has 0 aliphatic carbocycles. The molecule has 0 bridgehead atoms. The molecule has 3 N–H and O–H groups in total. The molecule has 4 nitrogen and oxygen atoms in total. The van der Waals surface area contributed by atoms with Crippen LogP contribution in [0.1, 0.15) is 38.7 Å². The van der Waals surface area contributed by atoms with E-state index in [1.54, 1.807) is 0 Å². The predicted molar refractivity (Wildman–Crippen MR) is 83.7 cm³/mol. The highest BCUT2D eigenvalue weighted by molar-refractivity contribution is 5.86. The Morgan fingerprint density at radius 1 is 1.43 bits per heavy atom. The Morgan fingerprint density at radius 3 is 2.67 bits per heavy atom. The van der Waals surface area contributed by atoms with E-state index in [4.69, 9.17) is 10.5 Å². The molecule has 0 spiro atoms. The first-order valence-corrected chi connectivity index (χ1v) is 7.76. The Morgan fingerprint density at radius 2 is 2.14 bits per heavy atom. The lowest BCUT2D eigenvalue weighted by molar-refractivity contribution is -0.125. The molecule has 0 radical (unpaired) electrons. The maximum atomic E-state index is 12.3. The molecule has 1 amide bonds. The van der Waals surface area contributed by atoms with Crippen LogP contribution in [0, 0.1) is 5.92 Å². The third-order valence-corrected chi connectivity index (χ3v) is 4.06. The fourth-order valence-corrected chi connectivity index (χ4v) is 3.05. The molecule has 1 heterocycles. The summed E-state index contributed by atoms with van der Waals surface area (Å²) in [5.74, 6) is 0.0371. The number of hydrogen-bond donors (Lipinski definition) is 2. The van der Waals surface area contributed by atoms with E-state index in [-0.39, 0.29) is 12.0 Å². The molecule has 0 saturated carbocycles. The van der Waals surface area contributed by atoms with E-state index in [0.717, 1.165) is 25.0 Å². The second kappa shape index (κ2) is 7.05. The molecule has 2 atom stereocenters. The molecular weight excluding hydrogens is 264 g/mol. The topological polar surface area (TPSA) is 64.3 Å². The van der Waals surface area contributed by atoms with Crippen molar-refractivity contribution in [2.75, 3.05) is 13.2 Å².